The molecule has 0 unspecified atom stereocenters. The third-order valence-corrected chi connectivity index (χ3v) is 2.89. The Morgan fingerprint density at radius 2 is 2.08 bits per heavy atom. The Balaban J connectivity index is 3.52. The highest BCUT2D eigenvalue weighted by Crippen LogP contribution is 1.91. The number of hydrogen-bond donors (Lipinski definition) is 1. The van der Waals surface area contributed by atoms with Gasteiger partial charge < -0.3 is 4.74 Å². The Labute approximate surface area is 78.5 Å². The second kappa shape index (κ2) is 5.93. The molecule has 0 aliphatic carbocycles. The Morgan fingerprint density at radius 1 is 1.46 bits per heavy atom. The van der Waals surface area contributed by atoms with Crippen LogP contribution in [0.1, 0.15) is 19.8 Å². The van der Waals surface area contributed by atoms with Gasteiger partial charge in [-0.05, 0) is 13.3 Å². The maximum atomic E-state index is 10.9. The molecule has 1 N–H and O–H groups in total. The lowest BCUT2D eigenvalue weighted by Crippen LogP contribution is -2.26. The summed E-state index contributed by atoms with van der Waals surface area (Å²) in [5, 5.41) is 0. The highest BCUT2D eigenvalue weighted by atomic mass is 32.2. The fourth-order valence-corrected chi connectivity index (χ4v) is 1.32. The van der Waals surface area contributed by atoms with E-state index in [1.807, 2.05) is 0 Å². The number of sulfonamides is 1. The van der Waals surface area contributed by atoms with Gasteiger partial charge in [-0.1, -0.05) is 0 Å². The molecular weight excluding hydrogens is 194 g/mol. The summed E-state index contributed by atoms with van der Waals surface area (Å²) in [7, 11) is -1.82. The normalized spacial score (nSPS) is 11.2. The van der Waals surface area contributed by atoms with E-state index in [2.05, 4.69) is 9.46 Å². The molecule has 6 heteroatoms. The quantitative estimate of drug-likeness (QED) is 0.489. The van der Waals surface area contributed by atoms with E-state index in [1.165, 1.54) is 7.11 Å². The lowest BCUT2D eigenvalue weighted by atomic mass is 10.3. The molecule has 0 aromatic rings. The first-order valence-electron chi connectivity index (χ1n) is 4.06. The van der Waals surface area contributed by atoms with Gasteiger partial charge in [-0.15, -0.1) is 0 Å². The molecule has 0 fully saturated rings. The van der Waals surface area contributed by atoms with Gasteiger partial charge in [0.2, 0.25) is 10.0 Å². The number of carbonyl (C=O) groups is 1. The maximum Gasteiger partial charge on any atom is 0.305 e. The number of rotatable bonds is 6. The van der Waals surface area contributed by atoms with Crippen molar-refractivity contribution in [3.8, 4) is 0 Å². The predicted octanol–water partition coefficient (Wildman–Crippen LogP) is -0.121. The minimum atomic E-state index is -3.13. The van der Waals surface area contributed by atoms with E-state index in [0.717, 1.165) is 0 Å². The van der Waals surface area contributed by atoms with Crippen LogP contribution in [0.4, 0.5) is 0 Å². The first kappa shape index (κ1) is 12.4. The Hall–Kier alpha value is -0.620. The van der Waals surface area contributed by atoms with Crippen molar-refractivity contribution in [2.45, 2.75) is 19.8 Å². The van der Waals surface area contributed by atoms with Crippen LogP contribution in [0.25, 0.3) is 0 Å². The van der Waals surface area contributed by atoms with Crippen molar-refractivity contribution >= 4 is 16.0 Å². The van der Waals surface area contributed by atoms with Crippen molar-refractivity contribution in [1.29, 1.82) is 0 Å². The monoisotopic (exact) mass is 209 g/mol. The highest BCUT2D eigenvalue weighted by molar-refractivity contribution is 7.89. The Morgan fingerprint density at radius 3 is 2.54 bits per heavy atom. The summed E-state index contributed by atoms with van der Waals surface area (Å²) in [5.74, 6) is -0.263. The van der Waals surface area contributed by atoms with Crippen LogP contribution in [-0.2, 0) is 19.6 Å². The van der Waals surface area contributed by atoms with Crippen LogP contribution in [0.5, 0.6) is 0 Å². The van der Waals surface area contributed by atoms with Crippen LogP contribution in [-0.4, -0.2) is 33.8 Å². The summed E-state index contributed by atoms with van der Waals surface area (Å²) in [4.78, 5) is 10.6. The standard InChI is InChI=1S/C7H15NO4S/c1-3-13(10,11)8-6-4-5-7(9)12-2/h8H,3-6H2,1-2H3. The van der Waals surface area contributed by atoms with Gasteiger partial charge in [-0.2, -0.15) is 0 Å². The molecule has 0 aliphatic heterocycles. The maximum absolute atomic E-state index is 10.9. The van der Waals surface area contributed by atoms with E-state index >= 15 is 0 Å². The number of ether oxygens (including phenoxy) is 1. The summed E-state index contributed by atoms with van der Waals surface area (Å²) in [6, 6.07) is 0. The summed E-state index contributed by atoms with van der Waals surface area (Å²) in [6.07, 6.45) is 0.703. The molecule has 0 amide bonds. The van der Waals surface area contributed by atoms with E-state index in [0.29, 0.717) is 6.42 Å². The SMILES string of the molecule is CCS(=O)(=O)NCCCC(=O)OC. The lowest BCUT2D eigenvalue weighted by molar-refractivity contribution is -0.140. The van der Waals surface area contributed by atoms with E-state index in [-0.39, 0.29) is 24.7 Å². The van der Waals surface area contributed by atoms with Crippen LogP contribution < -0.4 is 4.72 Å². The van der Waals surface area contributed by atoms with Crippen LogP contribution in [0.3, 0.4) is 0 Å². The summed E-state index contributed by atoms with van der Waals surface area (Å²) >= 11 is 0. The number of esters is 1. The molecule has 0 spiro atoms. The largest absolute Gasteiger partial charge is 0.469 e. The van der Waals surface area contributed by atoms with E-state index in [1.54, 1.807) is 6.92 Å². The minimum Gasteiger partial charge on any atom is -0.469 e. The first-order valence-corrected chi connectivity index (χ1v) is 5.71. The van der Waals surface area contributed by atoms with Crippen molar-refractivity contribution in [3.05, 3.63) is 0 Å². The number of carbonyl (C=O) groups excluding carboxylic acids is 1. The number of methoxy groups -OCH3 is 1. The molecule has 13 heavy (non-hydrogen) atoms. The highest BCUT2D eigenvalue weighted by Gasteiger charge is 2.05. The fraction of sp³-hybridized carbons (Fsp3) is 0.857. The van der Waals surface area contributed by atoms with Gasteiger partial charge in [0.25, 0.3) is 0 Å². The molecule has 78 valence electrons. The second-order valence-electron chi connectivity index (χ2n) is 2.48. The zero-order valence-electron chi connectivity index (χ0n) is 7.87. The van der Waals surface area contributed by atoms with Crippen molar-refractivity contribution in [3.63, 3.8) is 0 Å². The topological polar surface area (TPSA) is 72.5 Å². The van der Waals surface area contributed by atoms with Gasteiger partial charge in [-0.3, -0.25) is 4.79 Å². The molecule has 0 aromatic heterocycles. The van der Waals surface area contributed by atoms with Crippen LogP contribution >= 0.6 is 0 Å². The van der Waals surface area contributed by atoms with Gasteiger partial charge in [0.15, 0.2) is 0 Å². The predicted molar refractivity (Wildman–Crippen MR) is 48.7 cm³/mol. The molecular formula is C7H15NO4S. The lowest BCUT2D eigenvalue weighted by Gasteiger charge is -2.02. The van der Waals surface area contributed by atoms with Crippen molar-refractivity contribution < 1.29 is 17.9 Å². The summed E-state index contributed by atoms with van der Waals surface area (Å²) in [6.45, 7) is 1.84. The van der Waals surface area contributed by atoms with Crippen LogP contribution in [0.2, 0.25) is 0 Å². The van der Waals surface area contributed by atoms with Crippen molar-refractivity contribution in [1.82, 2.24) is 4.72 Å². The summed E-state index contributed by atoms with van der Waals surface area (Å²) < 4.78 is 28.5. The second-order valence-corrected chi connectivity index (χ2v) is 4.57. The molecule has 0 radical (unpaired) electrons. The minimum absolute atomic E-state index is 0.0607. The van der Waals surface area contributed by atoms with Gasteiger partial charge in [0.05, 0.1) is 12.9 Å². The molecule has 5 nitrogen and oxygen atoms in total. The first-order chi connectivity index (χ1) is 6.02. The third-order valence-electron chi connectivity index (χ3n) is 1.49. The molecule has 0 aliphatic rings. The smallest absolute Gasteiger partial charge is 0.305 e. The molecule has 0 saturated heterocycles. The molecule has 0 heterocycles. The molecule has 0 aromatic carbocycles. The third kappa shape index (κ3) is 6.53. The molecule has 0 bridgehead atoms. The Kier molecular flexibility index (Phi) is 5.65. The van der Waals surface area contributed by atoms with Crippen LogP contribution in [0, 0.1) is 0 Å². The van der Waals surface area contributed by atoms with E-state index < -0.39 is 10.0 Å². The van der Waals surface area contributed by atoms with Gasteiger partial charge in [-0.25, -0.2) is 13.1 Å². The number of nitrogens with one attached hydrogen (secondary N) is 1. The van der Waals surface area contributed by atoms with E-state index in [9.17, 15) is 13.2 Å². The zero-order chi connectivity index (χ0) is 10.3. The fourth-order valence-electron chi connectivity index (χ4n) is 0.665. The number of hydrogen-bond acceptors (Lipinski definition) is 4. The molecule has 0 saturated carbocycles. The molecule has 0 atom stereocenters. The Bertz CT molecular complexity index is 247. The van der Waals surface area contributed by atoms with Gasteiger partial charge >= 0.3 is 5.97 Å². The zero-order valence-corrected chi connectivity index (χ0v) is 8.69. The van der Waals surface area contributed by atoms with Gasteiger partial charge in [0.1, 0.15) is 0 Å². The van der Waals surface area contributed by atoms with Crippen molar-refractivity contribution in [2.24, 2.45) is 0 Å². The average molecular weight is 209 g/mol. The van der Waals surface area contributed by atoms with E-state index in [4.69, 9.17) is 0 Å². The van der Waals surface area contributed by atoms with Crippen molar-refractivity contribution in [2.75, 3.05) is 19.4 Å². The van der Waals surface area contributed by atoms with Crippen LogP contribution in [0.15, 0.2) is 0 Å². The average Bonchev–Trinajstić information content (AvgIpc) is 2.12. The molecule has 0 rings (SSSR count). The van der Waals surface area contributed by atoms with Gasteiger partial charge in [0, 0.05) is 13.0 Å². The summed E-state index contributed by atoms with van der Waals surface area (Å²) in [5.41, 5.74) is 0.